The van der Waals surface area contributed by atoms with Crippen molar-refractivity contribution in [2.75, 3.05) is 25.5 Å². The highest BCUT2D eigenvalue weighted by molar-refractivity contribution is 5.76. The maximum absolute atomic E-state index is 11.2. The largest absolute Gasteiger partial charge is 0.359 e. The molecule has 94 valence electrons. The fourth-order valence-corrected chi connectivity index (χ4v) is 1.56. The van der Waals surface area contributed by atoms with Crippen molar-refractivity contribution in [1.82, 2.24) is 10.3 Å². The van der Waals surface area contributed by atoms with Gasteiger partial charge in [-0.25, -0.2) is 4.98 Å². The third kappa shape index (κ3) is 3.71. The van der Waals surface area contributed by atoms with Gasteiger partial charge in [-0.05, 0) is 13.0 Å². The summed E-state index contributed by atoms with van der Waals surface area (Å²) in [6.45, 7) is 3.02. The summed E-state index contributed by atoms with van der Waals surface area (Å²) in [4.78, 5) is 17.6. The zero-order valence-electron chi connectivity index (χ0n) is 10.7. The molecular weight excluding hydrogens is 216 g/mol. The fraction of sp³-hybridized carbons (Fsp3) is 0.500. The van der Waals surface area contributed by atoms with E-state index in [4.69, 9.17) is 5.73 Å². The highest BCUT2D eigenvalue weighted by Crippen LogP contribution is 2.16. The molecule has 0 aliphatic rings. The summed E-state index contributed by atoms with van der Waals surface area (Å²) in [5.74, 6) is 0.884. The SMILES string of the molecule is CNC(=O)CCN(C)c1nc(C)ccc1CN. The van der Waals surface area contributed by atoms with Crippen LogP contribution in [-0.2, 0) is 11.3 Å². The Balaban J connectivity index is 2.76. The number of pyridine rings is 1. The van der Waals surface area contributed by atoms with Crippen LogP contribution in [0.15, 0.2) is 12.1 Å². The molecule has 0 bridgehead atoms. The lowest BCUT2D eigenvalue weighted by atomic mass is 10.2. The molecule has 1 heterocycles. The van der Waals surface area contributed by atoms with E-state index in [-0.39, 0.29) is 5.91 Å². The maximum Gasteiger partial charge on any atom is 0.221 e. The zero-order valence-corrected chi connectivity index (χ0v) is 10.7. The number of carbonyl (C=O) groups is 1. The van der Waals surface area contributed by atoms with Crippen LogP contribution in [0.3, 0.4) is 0 Å². The third-order valence-corrected chi connectivity index (χ3v) is 2.63. The van der Waals surface area contributed by atoms with Gasteiger partial charge in [0.1, 0.15) is 5.82 Å². The van der Waals surface area contributed by atoms with Crippen molar-refractivity contribution in [2.24, 2.45) is 5.73 Å². The number of aryl methyl sites for hydroxylation is 1. The van der Waals surface area contributed by atoms with Crippen LogP contribution in [-0.4, -0.2) is 31.5 Å². The van der Waals surface area contributed by atoms with Crippen molar-refractivity contribution in [2.45, 2.75) is 19.9 Å². The predicted molar refractivity (Wildman–Crippen MR) is 68.8 cm³/mol. The van der Waals surface area contributed by atoms with E-state index in [1.807, 2.05) is 31.0 Å². The van der Waals surface area contributed by atoms with Crippen LogP contribution in [0.1, 0.15) is 17.7 Å². The molecule has 3 N–H and O–H groups in total. The molecule has 1 rings (SSSR count). The second kappa shape index (κ2) is 6.20. The molecule has 1 amide bonds. The standard InChI is InChI=1S/C12H20N4O/c1-9-4-5-10(8-13)12(15-9)16(3)7-6-11(17)14-2/h4-5H,6-8,13H2,1-3H3,(H,14,17). The lowest BCUT2D eigenvalue weighted by Gasteiger charge is -2.20. The first-order valence-electron chi connectivity index (χ1n) is 5.66. The Morgan fingerprint density at radius 3 is 2.82 bits per heavy atom. The second-order valence-corrected chi connectivity index (χ2v) is 3.98. The normalized spacial score (nSPS) is 10.1. The summed E-state index contributed by atoms with van der Waals surface area (Å²) in [6.07, 6.45) is 0.451. The van der Waals surface area contributed by atoms with Gasteiger partial charge in [0.15, 0.2) is 0 Å². The quantitative estimate of drug-likeness (QED) is 0.777. The van der Waals surface area contributed by atoms with Gasteiger partial charge in [0.25, 0.3) is 0 Å². The molecule has 1 aromatic heterocycles. The van der Waals surface area contributed by atoms with E-state index < -0.39 is 0 Å². The lowest BCUT2D eigenvalue weighted by Crippen LogP contribution is -2.28. The maximum atomic E-state index is 11.2. The number of hydrogen-bond donors (Lipinski definition) is 2. The third-order valence-electron chi connectivity index (χ3n) is 2.63. The molecule has 0 atom stereocenters. The zero-order chi connectivity index (χ0) is 12.8. The topological polar surface area (TPSA) is 71.2 Å². The molecule has 0 saturated carbocycles. The monoisotopic (exact) mass is 236 g/mol. The van der Waals surface area contributed by atoms with Crippen LogP contribution < -0.4 is 16.0 Å². The molecule has 1 aromatic rings. The minimum Gasteiger partial charge on any atom is -0.359 e. The van der Waals surface area contributed by atoms with Crippen molar-refractivity contribution in [1.29, 1.82) is 0 Å². The Bertz CT molecular complexity index is 392. The number of aromatic nitrogens is 1. The molecule has 0 spiro atoms. The van der Waals surface area contributed by atoms with Crippen molar-refractivity contribution in [3.05, 3.63) is 23.4 Å². The number of rotatable bonds is 5. The average molecular weight is 236 g/mol. The van der Waals surface area contributed by atoms with Gasteiger partial charge in [-0.2, -0.15) is 0 Å². The van der Waals surface area contributed by atoms with Gasteiger partial charge < -0.3 is 16.0 Å². The van der Waals surface area contributed by atoms with Gasteiger partial charge in [0.05, 0.1) is 0 Å². The number of nitrogens with one attached hydrogen (secondary N) is 1. The van der Waals surface area contributed by atoms with E-state index in [1.165, 1.54) is 0 Å². The van der Waals surface area contributed by atoms with Crippen molar-refractivity contribution >= 4 is 11.7 Å². The molecule has 0 radical (unpaired) electrons. The van der Waals surface area contributed by atoms with Crippen LogP contribution in [0.4, 0.5) is 5.82 Å². The van der Waals surface area contributed by atoms with Gasteiger partial charge in [0.2, 0.25) is 5.91 Å². The van der Waals surface area contributed by atoms with Crippen molar-refractivity contribution in [3.8, 4) is 0 Å². The molecule has 0 aromatic carbocycles. The van der Waals surface area contributed by atoms with Crippen molar-refractivity contribution in [3.63, 3.8) is 0 Å². The second-order valence-electron chi connectivity index (χ2n) is 3.98. The highest BCUT2D eigenvalue weighted by Gasteiger charge is 2.09. The first-order valence-corrected chi connectivity index (χ1v) is 5.66. The number of amides is 1. The molecular formula is C12H20N4O. The Morgan fingerprint density at radius 2 is 2.24 bits per heavy atom. The first-order chi connectivity index (χ1) is 8.08. The molecule has 0 fully saturated rings. The van der Waals surface area contributed by atoms with E-state index in [2.05, 4.69) is 10.3 Å². The number of nitrogens with two attached hydrogens (primary N) is 1. The summed E-state index contributed by atoms with van der Waals surface area (Å²) >= 11 is 0. The van der Waals surface area contributed by atoms with Crippen LogP contribution in [0.25, 0.3) is 0 Å². The van der Waals surface area contributed by atoms with Crippen LogP contribution in [0.2, 0.25) is 0 Å². The van der Waals surface area contributed by atoms with Crippen LogP contribution >= 0.6 is 0 Å². The molecule has 0 aliphatic carbocycles. The molecule has 0 aliphatic heterocycles. The number of anilines is 1. The van der Waals surface area contributed by atoms with Gasteiger partial charge >= 0.3 is 0 Å². The van der Waals surface area contributed by atoms with Crippen LogP contribution in [0.5, 0.6) is 0 Å². The van der Waals surface area contributed by atoms with Gasteiger partial charge in [-0.15, -0.1) is 0 Å². The molecule has 5 nitrogen and oxygen atoms in total. The van der Waals surface area contributed by atoms with Crippen molar-refractivity contribution < 1.29 is 4.79 Å². The minimum atomic E-state index is 0.0267. The predicted octanol–water partition coefficient (Wildman–Crippen LogP) is 0.421. The van der Waals surface area contributed by atoms with E-state index in [0.29, 0.717) is 19.5 Å². The van der Waals surface area contributed by atoms with Crippen LogP contribution in [0, 0.1) is 6.92 Å². The molecule has 0 unspecified atom stereocenters. The average Bonchev–Trinajstić information content (AvgIpc) is 2.35. The Morgan fingerprint density at radius 1 is 1.53 bits per heavy atom. The van der Waals surface area contributed by atoms with E-state index in [1.54, 1.807) is 7.05 Å². The van der Waals surface area contributed by atoms with Gasteiger partial charge in [0, 0.05) is 44.9 Å². The Hall–Kier alpha value is -1.62. The Kier molecular flexibility index (Phi) is 4.90. The fourth-order valence-electron chi connectivity index (χ4n) is 1.56. The van der Waals surface area contributed by atoms with Gasteiger partial charge in [-0.1, -0.05) is 6.07 Å². The van der Waals surface area contributed by atoms with E-state index in [0.717, 1.165) is 17.1 Å². The minimum absolute atomic E-state index is 0.0267. The smallest absolute Gasteiger partial charge is 0.221 e. The summed E-state index contributed by atoms with van der Waals surface area (Å²) < 4.78 is 0. The van der Waals surface area contributed by atoms with E-state index >= 15 is 0 Å². The Labute approximate surface area is 102 Å². The summed E-state index contributed by atoms with van der Waals surface area (Å²) in [7, 11) is 3.56. The number of hydrogen-bond acceptors (Lipinski definition) is 4. The summed E-state index contributed by atoms with van der Waals surface area (Å²) in [5.41, 5.74) is 7.62. The number of carbonyl (C=O) groups excluding carboxylic acids is 1. The molecule has 17 heavy (non-hydrogen) atoms. The highest BCUT2D eigenvalue weighted by atomic mass is 16.1. The number of nitrogens with zero attached hydrogens (tertiary/aromatic N) is 2. The lowest BCUT2D eigenvalue weighted by molar-refractivity contribution is -0.120. The van der Waals surface area contributed by atoms with E-state index in [9.17, 15) is 4.79 Å². The van der Waals surface area contributed by atoms with Gasteiger partial charge in [-0.3, -0.25) is 4.79 Å². The molecule has 0 saturated heterocycles. The summed E-state index contributed by atoms with van der Waals surface area (Å²) in [6, 6.07) is 3.92. The first kappa shape index (κ1) is 13.4. The summed E-state index contributed by atoms with van der Waals surface area (Å²) in [5, 5.41) is 2.60. The molecule has 5 heteroatoms.